The Kier molecular flexibility index (Phi) is 10.1. The molecule has 0 spiro atoms. The van der Waals surface area contributed by atoms with Crippen LogP contribution in [0, 0.1) is 11.8 Å². The van der Waals surface area contributed by atoms with Crippen molar-refractivity contribution in [1.29, 1.82) is 0 Å². The molecule has 0 aromatic heterocycles. The molecule has 0 unspecified atom stereocenters. The predicted molar refractivity (Wildman–Crippen MR) is 128 cm³/mol. The molecule has 1 heterocycles. The Labute approximate surface area is 198 Å². The van der Waals surface area contributed by atoms with Gasteiger partial charge in [-0.3, -0.25) is 4.79 Å². The molecule has 0 aliphatic carbocycles. The lowest BCUT2D eigenvalue weighted by Gasteiger charge is -2.35. The molecule has 1 aromatic rings. The Morgan fingerprint density at radius 3 is 2.67 bits per heavy atom. The van der Waals surface area contributed by atoms with Gasteiger partial charge in [0.2, 0.25) is 0 Å². The molecule has 0 radical (unpaired) electrons. The molecule has 0 amide bonds. The van der Waals surface area contributed by atoms with E-state index in [1.807, 2.05) is 58.0 Å². The van der Waals surface area contributed by atoms with E-state index < -0.39 is 35.7 Å². The van der Waals surface area contributed by atoms with E-state index in [0.29, 0.717) is 12.8 Å². The fourth-order valence-corrected chi connectivity index (χ4v) is 4.27. The van der Waals surface area contributed by atoms with E-state index in [4.69, 9.17) is 9.47 Å². The van der Waals surface area contributed by atoms with Crippen LogP contribution in [0.1, 0.15) is 65.0 Å². The van der Waals surface area contributed by atoms with Gasteiger partial charge in [-0.05, 0) is 37.0 Å². The molecule has 1 aliphatic rings. The van der Waals surface area contributed by atoms with Crippen LogP contribution >= 0.6 is 0 Å². The van der Waals surface area contributed by atoms with E-state index in [-0.39, 0.29) is 25.0 Å². The third-order valence-electron chi connectivity index (χ3n) is 7.17. The first-order chi connectivity index (χ1) is 15.5. The van der Waals surface area contributed by atoms with E-state index in [2.05, 4.69) is 0 Å². The number of fused-ring (bicyclic) bond motifs is 2. The van der Waals surface area contributed by atoms with Gasteiger partial charge in [0.25, 0.3) is 0 Å². The maximum atomic E-state index is 15.1. The van der Waals surface area contributed by atoms with Gasteiger partial charge in [0.15, 0.2) is 0 Å². The van der Waals surface area contributed by atoms with Crippen molar-refractivity contribution in [3.8, 4) is 0 Å². The van der Waals surface area contributed by atoms with Gasteiger partial charge < -0.3 is 19.7 Å². The van der Waals surface area contributed by atoms with Crippen LogP contribution in [0.5, 0.6) is 0 Å². The number of rotatable bonds is 5. The minimum Gasteiger partial charge on any atom is -0.457 e. The highest BCUT2D eigenvalue weighted by molar-refractivity contribution is 5.73. The number of hydrogen-bond donors (Lipinski definition) is 2. The van der Waals surface area contributed by atoms with Crippen molar-refractivity contribution in [2.75, 3.05) is 13.7 Å². The average Bonchev–Trinajstić information content (AvgIpc) is 2.79. The number of aliphatic hydroxyl groups excluding tert-OH is 2. The number of methoxy groups -OCH3 is 1. The van der Waals surface area contributed by atoms with Crippen molar-refractivity contribution < 1.29 is 28.9 Å². The molecule has 2 rings (SSSR count). The summed E-state index contributed by atoms with van der Waals surface area (Å²) in [7, 11) is 1.58. The van der Waals surface area contributed by atoms with Crippen LogP contribution in [0.15, 0.2) is 35.9 Å². The Hall–Kier alpha value is -1.76. The Balaban J connectivity index is 2.46. The van der Waals surface area contributed by atoms with Crippen molar-refractivity contribution in [1.82, 2.24) is 0 Å². The maximum Gasteiger partial charge on any atom is 0.312 e. The second-order valence-corrected chi connectivity index (χ2v) is 9.96. The summed E-state index contributed by atoms with van der Waals surface area (Å²) in [5.41, 5.74) is 1.92. The van der Waals surface area contributed by atoms with Gasteiger partial charge in [-0.15, -0.1) is 0 Å². The fraction of sp³-hybridized carbons (Fsp3) is 0.667. The Morgan fingerprint density at radius 1 is 1.36 bits per heavy atom. The minimum absolute atomic E-state index is 0.00415. The maximum absolute atomic E-state index is 15.1. The van der Waals surface area contributed by atoms with Crippen molar-refractivity contribution >= 4 is 5.97 Å². The molecule has 0 saturated carbocycles. The largest absolute Gasteiger partial charge is 0.457 e. The molecule has 2 bridgehead atoms. The third kappa shape index (κ3) is 7.11. The second kappa shape index (κ2) is 12.1. The number of carbonyl (C=O) groups excluding carboxylic acids is 1. The predicted octanol–water partition coefficient (Wildman–Crippen LogP) is 4.53. The van der Waals surface area contributed by atoms with Crippen LogP contribution in [-0.2, 0) is 26.1 Å². The highest BCUT2D eigenvalue weighted by Crippen LogP contribution is 2.33. The first kappa shape index (κ1) is 27.5. The Morgan fingerprint density at radius 2 is 2.06 bits per heavy atom. The highest BCUT2D eigenvalue weighted by Gasteiger charge is 2.35. The van der Waals surface area contributed by atoms with E-state index in [9.17, 15) is 15.0 Å². The fourth-order valence-electron chi connectivity index (χ4n) is 4.27. The van der Waals surface area contributed by atoms with Gasteiger partial charge in [0.05, 0.1) is 18.1 Å². The van der Waals surface area contributed by atoms with Gasteiger partial charge in [0.1, 0.15) is 12.3 Å². The average molecular weight is 465 g/mol. The number of hydrogen-bond acceptors (Lipinski definition) is 5. The molecular weight excluding hydrogens is 423 g/mol. The molecule has 0 saturated heterocycles. The van der Waals surface area contributed by atoms with E-state index in [1.165, 1.54) is 0 Å². The lowest BCUT2D eigenvalue weighted by atomic mass is 9.76. The third-order valence-corrected chi connectivity index (χ3v) is 7.17. The first-order valence-corrected chi connectivity index (χ1v) is 12.0. The summed E-state index contributed by atoms with van der Waals surface area (Å²) in [6, 6.07) is 7.57. The van der Waals surface area contributed by atoms with Crippen LogP contribution in [0.25, 0.3) is 0 Å². The van der Waals surface area contributed by atoms with Gasteiger partial charge in [-0.1, -0.05) is 51.1 Å². The number of benzene rings is 1. The number of ether oxygens (including phenoxy) is 2. The lowest BCUT2D eigenvalue weighted by molar-refractivity contribution is -0.155. The number of alkyl halides is 1. The molecule has 2 N–H and O–H groups in total. The lowest BCUT2D eigenvalue weighted by Crippen LogP contribution is -2.39. The summed E-state index contributed by atoms with van der Waals surface area (Å²) in [5, 5.41) is 20.8. The summed E-state index contributed by atoms with van der Waals surface area (Å²) in [5.74, 6) is -1.58. The van der Waals surface area contributed by atoms with Crippen LogP contribution in [0.3, 0.4) is 0 Å². The number of carbonyl (C=O) groups is 1. The molecule has 0 fully saturated rings. The zero-order valence-electron chi connectivity index (χ0n) is 20.9. The number of esters is 1. The first-order valence-electron chi connectivity index (χ1n) is 12.0. The molecule has 1 aromatic carbocycles. The summed E-state index contributed by atoms with van der Waals surface area (Å²) in [4.78, 5) is 12.9. The standard InChI is InChI=1S/C27H41FO5/c1-7-19(16-29)11-17(2)24-14-22(32-6)15-25(30)27(4,5)21-10-8-9-20(12-21)13-23(28)18(3)26(31)33-24/h8-12,18-19,22-25,29-30H,7,13-16H2,1-6H3/b17-11-/t18-,19+,22+,23+,24-,25-/m0/s1. The van der Waals surface area contributed by atoms with E-state index in [0.717, 1.165) is 23.1 Å². The quantitative estimate of drug-likeness (QED) is 0.495. The van der Waals surface area contributed by atoms with Crippen LogP contribution in [0.2, 0.25) is 0 Å². The van der Waals surface area contributed by atoms with Gasteiger partial charge in [0, 0.05) is 44.3 Å². The number of aliphatic hydroxyl groups is 2. The Bertz CT molecular complexity index is 801. The molecule has 1 aliphatic heterocycles. The zero-order valence-corrected chi connectivity index (χ0v) is 20.9. The van der Waals surface area contributed by atoms with Crippen molar-refractivity contribution in [3.63, 3.8) is 0 Å². The van der Waals surface area contributed by atoms with E-state index in [1.54, 1.807) is 14.0 Å². The SMILES string of the molecule is CC[C@H](/C=C(/C)[C@@H]1C[C@@H](OC)C[C@H](O)C(C)(C)c2cccc(c2)C[C@@H](F)[C@H](C)C(=O)O1)CO. The summed E-state index contributed by atoms with van der Waals surface area (Å²) in [6.45, 7) is 9.33. The molecular formula is C27H41FO5. The molecule has 33 heavy (non-hydrogen) atoms. The minimum atomic E-state index is -1.40. The van der Waals surface area contributed by atoms with Crippen molar-refractivity contribution in [2.45, 2.75) is 90.2 Å². The molecule has 6 heteroatoms. The summed E-state index contributed by atoms with van der Waals surface area (Å²) < 4.78 is 26.6. The van der Waals surface area contributed by atoms with Crippen LogP contribution < -0.4 is 0 Å². The van der Waals surface area contributed by atoms with Gasteiger partial charge in [-0.2, -0.15) is 0 Å². The van der Waals surface area contributed by atoms with Gasteiger partial charge in [-0.25, -0.2) is 4.39 Å². The van der Waals surface area contributed by atoms with Crippen molar-refractivity contribution in [3.05, 3.63) is 47.0 Å². The topological polar surface area (TPSA) is 76.0 Å². The molecule has 5 nitrogen and oxygen atoms in total. The smallest absolute Gasteiger partial charge is 0.312 e. The normalized spacial score (nSPS) is 30.3. The zero-order chi connectivity index (χ0) is 24.8. The van der Waals surface area contributed by atoms with Gasteiger partial charge >= 0.3 is 5.97 Å². The van der Waals surface area contributed by atoms with Crippen molar-refractivity contribution in [2.24, 2.45) is 11.8 Å². The molecule has 186 valence electrons. The number of cyclic esters (lactones) is 1. The van der Waals surface area contributed by atoms with Crippen LogP contribution in [-0.4, -0.2) is 54.4 Å². The highest BCUT2D eigenvalue weighted by atomic mass is 19.1. The van der Waals surface area contributed by atoms with E-state index >= 15 is 4.39 Å². The second-order valence-electron chi connectivity index (χ2n) is 9.96. The number of halogens is 1. The summed E-state index contributed by atoms with van der Waals surface area (Å²) >= 11 is 0. The monoisotopic (exact) mass is 464 g/mol. The molecule has 6 atom stereocenters. The summed E-state index contributed by atoms with van der Waals surface area (Å²) in [6.07, 6.45) is 0.322. The van der Waals surface area contributed by atoms with Crippen LogP contribution in [0.4, 0.5) is 4.39 Å².